The van der Waals surface area contributed by atoms with Crippen molar-refractivity contribution < 1.29 is 18.9 Å². The quantitative estimate of drug-likeness (QED) is 0.0507. The summed E-state index contributed by atoms with van der Waals surface area (Å²) in [5.41, 5.74) is 9.99. The number of benzene rings is 5. The Balaban J connectivity index is 1.35. The SMILES string of the molecule is CCCCN(CCCC)c1ccc(/C=C/c2cc(OC)c(/C=C/c3cc(C#N)c(/C=C/c4cc(OC)c(/C=C/c5ccc(N(CCCC)CCCC)cc5)cc4OC)cc3C#N)cc2OC)cc1. The smallest absolute Gasteiger partial charge is 0.126 e. The minimum absolute atomic E-state index is 0.419. The van der Waals surface area contributed by atoms with Crippen LogP contribution in [0, 0.1) is 22.7 Å². The molecule has 0 unspecified atom stereocenters. The number of ether oxygens (including phenoxy) is 4. The number of nitrogens with zero attached hydrogens (tertiary/aromatic N) is 4. The molecule has 0 aliphatic rings. The van der Waals surface area contributed by atoms with Gasteiger partial charge in [-0.2, -0.15) is 10.5 Å². The topological polar surface area (TPSA) is 91.0 Å². The first-order valence-electron chi connectivity index (χ1n) is 24.2. The van der Waals surface area contributed by atoms with Crippen molar-refractivity contribution in [3.05, 3.63) is 141 Å². The van der Waals surface area contributed by atoms with Crippen LogP contribution in [-0.4, -0.2) is 54.6 Å². The third-order valence-electron chi connectivity index (χ3n) is 12.1. The summed E-state index contributed by atoms with van der Waals surface area (Å²) >= 11 is 0. The van der Waals surface area contributed by atoms with Crippen molar-refractivity contribution in [1.29, 1.82) is 10.5 Å². The fourth-order valence-corrected chi connectivity index (χ4v) is 7.97. The maximum atomic E-state index is 10.3. The van der Waals surface area contributed by atoms with Crippen molar-refractivity contribution >= 4 is 60.0 Å². The number of hydrogen-bond donors (Lipinski definition) is 0. The Morgan fingerprint density at radius 2 is 0.647 bits per heavy atom. The molecule has 0 N–H and O–H groups in total. The third kappa shape index (κ3) is 14.4. The molecule has 0 aliphatic heterocycles. The molecule has 0 saturated heterocycles. The zero-order valence-corrected chi connectivity index (χ0v) is 41.6. The molecule has 0 heterocycles. The van der Waals surface area contributed by atoms with Crippen LogP contribution < -0.4 is 28.7 Å². The van der Waals surface area contributed by atoms with E-state index < -0.39 is 0 Å². The Bertz CT molecular complexity index is 2400. The molecule has 0 aliphatic carbocycles. The van der Waals surface area contributed by atoms with Gasteiger partial charge in [-0.15, -0.1) is 0 Å². The van der Waals surface area contributed by atoms with E-state index in [1.54, 1.807) is 40.6 Å². The van der Waals surface area contributed by atoms with Crippen LogP contribution in [0.2, 0.25) is 0 Å². The maximum absolute atomic E-state index is 10.3. The molecule has 0 aromatic heterocycles. The van der Waals surface area contributed by atoms with Gasteiger partial charge in [0.1, 0.15) is 23.0 Å². The molecule has 0 atom stereocenters. The molecule has 5 aromatic rings. The second kappa shape index (κ2) is 27.5. The molecule has 5 aromatic carbocycles. The fraction of sp³-hybridized carbons (Fsp3) is 0.333. The number of anilines is 2. The number of unbranched alkanes of at least 4 members (excludes halogenated alkanes) is 4. The summed E-state index contributed by atoms with van der Waals surface area (Å²) in [6.45, 7) is 13.2. The molecule has 0 radical (unpaired) electrons. The second-order valence-electron chi connectivity index (χ2n) is 16.8. The van der Waals surface area contributed by atoms with Gasteiger partial charge < -0.3 is 28.7 Å². The number of nitriles is 2. The van der Waals surface area contributed by atoms with Crippen LogP contribution in [0.15, 0.2) is 84.9 Å². The van der Waals surface area contributed by atoms with E-state index in [2.05, 4.69) is 110 Å². The second-order valence-corrected chi connectivity index (χ2v) is 16.8. The van der Waals surface area contributed by atoms with Gasteiger partial charge in [0.25, 0.3) is 0 Å². The van der Waals surface area contributed by atoms with Crippen LogP contribution in [0.1, 0.15) is 135 Å². The molecule has 0 saturated carbocycles. The molecule has 8 heteroatoms. The summed E-state index contributed by atoms with van der Waals surface area (Å²) < 4.78 is 23.3. The summed E-state index contributed by atoms with van der Waals surface area (Å²) in [4.78, 5) is 4.97. The van der Waals surface area contributed by atoms with Crippen molar-refractivity contribution in [1.82, 2.24) is 0 Å². The van der Waals surface area contributed by atoms with Gasteiger partial charge in [-0.3, -0.25) is 0 Å². The van der Waals surface area contributed by atoms with Gasteiger partial charge in [-0.25, -0.2) is 0 Å². The van der Waals surface area contributed by atoms with Gasteiger partial charge in [0.2, 0.25) is 0 Å². The van der Waals surface area contributed by atoms with E-state index in [1.807, 2.05) is 60.7 Å². The van der Waals surface area contributed by atoms with Crippen LogP contribution >= 0.6 is 0 Å². The van der Waals surface area contributed by atoms with Crippen molar-refractivity contribution in [2.75, 3.05) is 64.4 Å². The molecule has 0 fully saturated rings. The van der Waals surface area contributed by atoms with Crippen molar-refractivity contribution in [3.8, 4) is 35.1 Å². The molecular formula is C60H70N4O4. The molecular weight excluding hydrogens is 841 g/mol. The lowest BCUT2D eigenvalue weighted by Gasteiger charge is -2.24. The first-order valence-corrected chi connectivity index (χ1v) is 24.2. The molecule has 8 nitrogen and oxygen atoms in total. The predicted octanol–water partition coefficient (Wildman–Crippen LogP) is 15.0. The van der Waals surface area contributed by atoms with Gasteiger partial charge in [0.05, 0.1) is 51.7 Å². The van der Waals surface area contributed by atoms with E-state index >= 15 is 0 Å². The Labute approximate surface area is 407 Å². The van der Waals surface area contributed by atoms with E-state index in [0.717, 1.165) is 59.6 Å². The van der Waals surface area contributed by atoms with Gasteiger partial charge in [0, 0.05) is 59.8 Å². The maximum Gasteiger partial charge on any atom is 0.126 e. The Kier molecular flexibility index (Phi) is 20.9. The zero-order chi connectivity index (χ0) is 48.7. The lowest BCUT2D eigenvalue weighted by atomic mass is 9.97. The van der Waals surface area contributed by atoms with E-state index in [0.29, 0.717) is 45.3 Å². The van der Waals surface area contributed by atoms with Gasteiger partial charge in [-0.1, -0.05) is 126 Å². The minimum atomic E-state index is 0.419. The van der Waals surface area contributed by atoms with Crippen molar-refractivity contribution in [2.45, 2.75) is 79.1 Å². The van der Waals surface area contributed by atoms with Gasteiger partial charge >= 0.3 is 0 Å². The van der Waals surface area contributed by atoms with Crippen molar-refractivity contribution in [3.63, 3.8) is 0 Å². The summed E-state index contributed by atoms with van der Waals surface area (Å²) in [5.74, 6) is 2.64. The minimum Gasteiger partial charge on any atom is -0.496 e. The molecule has 68 heavy (non-hydrogen) atoms. The van der Waals surface area contributed by atoms with Gasteiger partial charge in [0.15, 0.2) is 0 Å². The summed E-state index contributed by atoms with van der Waals surface area (Å²) in [6, 6.07) is 33.3. The highest BCUT2D eigenvalue weighted by atomic mass is 16.5. The van der Waals surface area contributed by atoms with Crippen LogP contribution in [-0.2, 0) is 0 Å². The standard InChI is InChI=1S/C60H70N4O4/c1-9-13-33-63(34-14-10-2)55-29-19-45(20-30-55)17-23-49-39-59(67-7)51(41-57(49)65-5)27-25-47-37-54(44-62)48(38-53(47)43-61)26-28-52-42-58(66-6)50(40-60(52)68-8)24-18-46-21-31-56(32-22-46)64(35-15-11-3)36-16-12-4/h17-32,37-42H,9-16,33-36H2,1-8H3/b23-17+,24-18+,27-25+,28-26+. The lowest BCUT2D eigenvalue weighted by molar-refractivity contribution is 0.401. The van der Waals surface area contributed by atoms with Gasteiger partial charge in [-0.05, 0) is 109 Å². The first-order chi connectivity index (χ1) is 33.3. The fourth-order valence-electron chi connectivity index (χ4n) is 7.97. The summed E-state index contributed by atoms with van der Waals surface area (Å²) in [5, 5.41) is 20.6. The largest absolute Gasteiger partial charge is 0.496 e. The molecule has 5 rings (SSSR count). The molecule has 0 bridgehead atoms. The third-order valence-corrected chi connectivity index (χ3v) is 12.1. The number of rotatable bonds is 26. The van der Waals surface area contributed by atoms with Crippen LogP contribution in [0.5, 0.6) is 23.0 Å². The highest BCUT2D eigenvalue weighted by molar-refractivity contribution is 5.84. The van der Waals surface area contributed by atoms with E-state index in [4.69, 9.17) is 18.9 Å². The molecule has 0 spiro atoms. The average Bonchev–Trinajstić information content (AvgIpc) is 3.38. The van der Waals surface area contributed by atoms with Crippen LogP contribution in [0.3, 0.4) is 0 Å². The number of hydrogen-bond acceptors (Lipinski definition) is 8. The van der Waals surface area contributed by atoms with Crippen LogP contribution in [0.4, 0.5) is 11.4 Å². The normalized spacial score (nSPS) is 11.4. The van der Waals surface area contributed by atoms with E-state index in [-0.39, 0.29) is 0 Å². The Morgan fingerprint density at radius 3 is 0.897 bits per heavy atom. The summed E-state index contributed by atoms with van der Waals surface area (Å²) in [6.07, 6.45) is 25.1. The number of methoxy groups -OCH3 is 4. The first kappa shape index (κ1) is 51.8. The Hall–Kier alpha value is -7.16. The lowest BCUT2D eigenvalue weighted by Crippen LogP contribution is -2.25. The van der Waals surface area contributed by atoms with E-state index in [1.165, 1.54) is 62.7 Å². The molecule has 354 valence electrons. The summed E-state index contributed by atoms with van der Waals surface area (Å²) in [7, 11) is 6.57. The predicted molar refractivity (Wildman–Crippen MR) is 288 cm³/mol. The highest BCUT2D eigenvalue weighted by Crippen LogP contribution is 2.34. The highest BCUT2D eigenvalue weighted by Gasteiger charge is 2.13. The molecule has 0 amide bonds. The van der Waals surface area contributed by atoms with Crippen molar-refractivity contribution in [2.24, 2.45) is 0 Å². The van der Waals surface area contributed by atoms with E-state index in [9.17, 15) is 10.5 Å². The Morgan fingerprint density at radius 1 is 0.382 bits per heavy atom. The average molecular weight is 911 g/mol. The monoisotopic (exact) mass is 911 g/mol. The van der Waals surface area contributed by atoms with Crippen LogP contribution in [0.25, 0.3) is 48.6 Å². The zero-order valence-electron chi connectivity index (χ0n) is 41.6.